The van der Waals surface area contributed by atoms with Gasteiger partial charge < -0.3 is 19.3 Å². The fourth-order valence-corrected chi connectivity index (χ4v) is 3.17. The van der Waals surface area contributed by atoms with E-state index in [0.717, 1.165) is 28.2 Å². The third-order valence-corrected chi connectivity index (χ3v) is 4.70. The lowest BCUT2D eigenvalue weighted by Gasteiger charge is -2.13. The number of fused-ring (bicyclic) bond motifs is 2. The third kappa shape index (κ3) is 3.12. The van der Waals surface area contributed by atoms with Crippen molar-refractivity contribution >= 4 is 22.4 Å². The van der Waals surface area contributed by atoms with E-state index in [4.69, 9.17) is 14.0 Å². The quantitative estimate of drug-likeness (QED) is 0.542. The summed E-state index contributed by atoms with van der Waals surface area (Å²) in [5, 5.41) is 8.40. The lowest BCUT2D eigenvalue weighted by Crippen LogP contribution is -1.99. The second kappa shape index (κ2) is 6.73. The van der Waals surface area contributed by atoms with Crippen LogP contribution in [0.1, 0.15) is 31.3 Å². The number of hydrogen-bond donors (Lipinski definition) is 1. The van der Waals surface area contributed by atoms with Crippen LogP contribution in [0, 0.1) is 6.92 Å². The van der Waals surface area contributed by atoms with Gasteiger partial charge in [0.05, 0.1) is 11.3 Å². The molecule has 0 saturated heterocycles. The highest BCUT2D eigenvalue weighted by atomic mass is 16.7. The molecule has 4 heterocycles. The number of benzene rings is 1. The van der Waals surface area contributed by atoms with E-state index >= 15 is 0 Å². The topological polar surface area (TPSA) is 95.2 Å². The Morgan fingerprint density at radius 3 is 2.72 bits per heavy atom. The molecule has 0 atom stereocenters. The first-order valence-electron chi connectivity index (χ1n) is 9.35. The number of aryl methyl sites for hydroxylation is 1. The Bertz CT molecular complexity index is 1220. The molecule has 146 valence electrons. The van der Waals surface area contributed by atoms with Crippen LogP contribution in [-0.2, 0) is 0 Å². The van der Waals surface area contributed by atoms with Crippen LogP contribution in [0.25, 0.3) is 22.5 Å². The molecule has 0 bridgehead atoms. The molecule has 4 aromatic rings. The zero-order valence-electron chi connectivity index (χ0n) is 16.3. The monoisotopic (exact) mass is 389 g/mol. The number of nitrogens with zero attached hydrogens (tertiary/aromatic N) is 4. The molecule has 3 aromatic heterocycles. The van der Waals surface area contributed by atoms with Gasteiger partial charge in [0.25, 0.3) is 5.89 Å². The standard InChI is InChI=1S/C21H19N5O3/c1-11(2)19-25-21(29-26-19)15-9-22-20-14(6-4-12(3)23-20)18(15)24-13-5-7-16-17(8-13)28-10-27-16/h4-9,11H,10H2,1-3H3,(H,22,23,24). The first-order chi connectivity index (χ1) is 14.1. The van der Waals surface area contributed by atoms with Crippen LogP contribution in [0.4, 0.5) is 11.4 Å². The van der Waals surface area contributed by atoms with Crippen molar-refractivity contribution in [1.29, 1.82) is 0 Å². The normalized spacial score (nSPS) is 12.7. The molecule has 8 nitrogen and oxygen atoms in total. The summed E-state index contributed by atoms with van der Waals surface area (Å²) in [6.07, 6.45) is 1.71. The van der Waals surface area contributed by atoms with Crippen molar-refractivity contribution in [2.24, 2.45) is 0 Å². The molecule has 0 saturated carbocycles. The van der Waals surface area contributed by atoms with Crippen molar-refractivity contribution in [2.45, 2.75) is 26.7 Å². The Balaban J connectivity index is 1.65. The summed E-state index contributed by atoms with van der Waals surface area (Å²) in [4.78, 5) is 13.6. The van der Waals surface area contributed by atoms with Crippen molar-refractivity contribution in [1.82, 2.24) is 20.1 Å². The van der Waals surface area contributed by atoms with E-state index in [0.29, 0.717) is 28.7 Å². The predicted octanol–water partition coefficient (Wildman–Crippen LogP) is 4.58. The van der Waals surface area contributed by atoms with Gasteiger partial charge in [0.15, 0.2) is 23.0 Å². The van der Waals surface area contributed by atoms with Gasteiger partial charge in [-0.2, -0.15) is 4.98 Å². The van der Waals surface area contributed by atoms with E-state index < -0.39 is 0 Å². The molecule has 0 fully saturated rings. The van der Waals surface area contributed by atoms with E-state index in [9.17, 15) is 0 Å². The summed E-state index contributed by atoms with van der Waals surface area (Å²) in [7, 11) is 0. The maximum Gasteiger partial charge on any atom is 0.261 e. The Morgan fingerprint density at radius 1 is 1.03 bits per heavy atom. The number of aromatic nitrogens is 4. The third-order valence-electron chi connectivity index (χ3n) is 4.70. The maximum atomic E-state index is 5.53. The van der Waals surface area contributed by atoms with Gasteiger partial charge in [0, 0.05) is 34.9 Å². The highest BCUT2D eigenvalue weighted by Crippen LogP contribution is 2.38. The number of rotatable bonds is 4. The Kier molecular flexibility index (Phi) is 4.04. The molecule has 0 amide bonds. The molecule has 0 aliphatic carbocycles. The average Bonchev–Trinajstić information content (AvgIpc) is 3.37. The van der Waals surface area contributed by atoms with Crippen LogP contribution in [0.2, 0.25) is 0 Å². The van der Waals surface area contributed by atoms with Crippen molar-refractivity contribution in [3.8, 4) is 23.0 Å². The average molecular weight is 389 g/mol. The van der Waals surface area contributed by atoms with E-state index in [1.54, 1.807) is 6.20 Å². The van der Waals surface area contributed by atoms with E-state index in [-0.39, 0.29) is 12.7 Å². The largest absolute Gasteiger partial charge is 0.454 e. The Labute approximate surface area is 166 Å². The summed E-state index contributed by atoms with van der Waals surface area (Å²) in [6, 6.07) is 9.64. The highest BCUT2D eigenvalue weighted by molar-refractivity contribution is 5.98. The molecule has 0 unspecified atom stereocenters. The van der Waals surface area contributed by atoms with Crippen LogP contribution in [0.15, 0.2) is 41.1 Å². The molecule has 0 radical (unpaired) electrons. The minimum absolute atomic E-state index is 0.163. The van der Waals surface area contributed by atoms with Gasteiger partial charge in [-0.1, -0.05) is 19.0 Å². The SMILES string of the molecule is Cc1ccc2c(Nc3ccc4c(c3)OCO4)c(-c3nc(C(C)C)no3)cnc2n1. The molecular formula is C21H19N5O3. The molecule has 8 heteroatoms. The maximum absolute atomic E-state index is 5.53. The predicted molar refractivity (Wildman–Crippen MR) is 108 cm³/mol. The molecule has 1 aliphatic rings. The number of nitrogens with one attached hydrogen (secondary N) is 1. The van der Waals surface area contributed by atoms with Gasteiger partial charge in [0.2, 0.25) is 6.79 Å². The fourth-order valence-electron chi connectivity index (χ4n) is 3.17. The lowest BCUT2D eigenvalue weighted by atomic mass is 10.1. The highest BCUT2D eigenvalue weighted by Gasteiger charge is 2.20. The van der Waals surface area contributed by atoms with E-state index in [1.165, 1.54) is 0 Å². The van der Waals surface area contributed by atoms with Gasteiger partial charge in [-0.05, 0) is 31.2 Å². The second-order valence-electron chi connectivity index (χ2n) is 7.18. The number of pyridine rings is 2. The van der Waals surface area contributed by atoms with Crippen LogP contribution < -0.4 is 14.8 Å². The van der Waals surface area contributed by atoms with Crippen molar-refractivity contribution in [2.75, 3.05) is 12.1 Å². The minimum Gasteiger partial charge on any atom is -0.454 e. The molecule has 1 N–H and O–H groups in total. The molecule has 1 aromatic carbocycles. The van der Waals surface area contributed by atoms with E-state index in [1.807, 2.05) is 51.1 Å². The second-order valence-corrected chi connectivity index (χ2v) is 7.18. The van der Waals surface area contributed by atoms with Crippen LogP contribution in [0.3, 0.4) is 0 Å². The van der Waals surface area contributed by atoms with Gasteiger partial charge in [0.1, 0.15) is 0 Å². The Morgan fingerprint density at radius 2 is 1.90 bits per heavy atom. The summed E-state index contributed by atoms with van der Waals surface area (Å²) in [5.74, 6) is 2.65. The van der Waals surface area contributed by atoms with Gasteiger partial charge in [-0.3, -0.25) is 0 Å². The zero-order valence-corrected chi connectivity index (χ0v) is 16.3. The van der Waals surface area contributed by atoms with Gasteiger partial charge in [-0.15, -0.1) is 0 Å². The summed E-state index contributed by atoms with van der Waals surface area (Å²) in [5.41, 5.74) is 3.87. The fraction of sp³-hybridized carbons (Fsp3) is 0.238. The molecule has 0 spiro atoms. The molecule has 29 heavy (non-hydrogen) atoms. The number of ether oxygens (including phenoxy) is 2. The Hall–Kier alpha value is -3.68. The van der Waals surface area contributed by atoms with Crippen LogP contribution in [0.5, 0.6) is 11.5 Å². The molecule has 1 aliphatic heterocycles. The summed E-state index contributed by atoms with van der Waals surface area (Å²) < 4.78 is 16.4. The smallest absolute Gasteiger partial charge is 0.261 e. The van der Waals surface area contributed by atoms with Gasteiger partial charge >= 0.3 is 0 Å². The van der Waals surface area contributed by atoms with Crippen molar-refractivity contribution in [3.05, 3.63) is 48.0 Å². The zero-order chi connectivity index (χ0) is 20.0. The lowest BCUT2D eigenvalue weighted by molar-refractivity contribution is 0.174. The first-order valence-corrected chi connectivity index (χ1v) is 9.35. The van der Waals surface area contributed by atoms with Crippen LogP contribution >= 0.6 is 0 Å². The number of hydrogen-bond acceptors (Lipinski definition) is 8. The van der Waals surface area contributed by atoms with Crippen molar-refractivity contribution < 1.29 is 14.0 Å². The van der Waals surface area contributed by atoms with E-state index in [2.05, 4.69) is 25.4 Å². The number of anilines is 2. The van der Waals surface area contributed by atoms with Crippen molar-refractivity contribution in [3.63, 3.8) is 0 Å². The summed E-state index contributed by atoms with van der Waals surface area (Å²) >= 11 is 0. The molecule has 5 rings (SSSR count). The molecular weight excluding hydrogens is 370 g/mol. The summed E-state index contributed by atoms with van der Waals surface area (Å²) in [6.45, 7) is 6.20. The van der Waals surface area contributed by atoms with Crippen LogP contribution in [-0.4, -0.2) is 26.9 Å². The van der Waals surface area contributed by atoms with Gasteiger partial charge in [-0.25, -0.2) is 9.97 Å². The first kappa shape index (κ1) is 17.4. The minimum atomic E-state index is 0.163.